The zero-order valence-corrected chi connectivity index (χ0v) is 13.1. The third kappa shape index (κ3) is 3.10. The Balaban J connectivity index is 1.75. The second-order valence-corrected chi connectivity index (χ2v) is 6.30. The van der Waals surface area contributed by atoms with Crippen molar-refractivity contribution in [1.82, 2.24) is 15.5 Å². The minimum absolute atomic E-state index is 0.614. The third-order valence-corrected chi connectivity index (χ3v) is 4.25. The fraction of sp³-hybridized carbons (Fsp3) is 0.467. The van der Waals surface area contributed by atoms with E-state index < -0.39 is 0 Å². The summed E-state index contributed by atoms with van der Waals surface area (Å²) < 4.78 is 6.47. The van der Waals surface area contributed by atoms with Crippen LogP contribution in [0.15, 0.2) is 27.2 Å². The number of aryl methyl sites for hydroxylation is 1. The van der Waals surface area contributed by atoms with Crippen molar-refractivity contribution in [2.75, 3.05) is 13.1 Å². The summed E-state index contributed by atoms with van der Waals surface area (Å²) in [6, 6.07) is 6.09. The molecule has 5 heteroatoms. The van der Waals surface area contributed by atoms with E-state index in [9.17, 15) is 0 Å². The molecule has 106 valence electrons. The van der Waals surface area contributed by atoms with Crippen molar-refractivity contribution >= 4 is 15.9 Å². The van der Waals surface area contributed by atoms with Crippen molar-refractivity contribution in [2.24, 2.45) is 5.92 Å². The average Bonchev–Trinajstić information content (AvgIpc) is 2.88. The van der Waals surface area contributed by atoms with Crippen LogP contribution in [-0.4, -0.2) is 23.2 Å². The zero-order valence-electron chi connectivity index (χ0n) is 11.5. The number of piperidine rings is 1. The van der Waals surface area contributed by atoms with E-state index in [1.54, 1.807) is 0 Å². The van der Waals surface area contributed by atoms with Gasteiger partial charge in [-0.1, -0.05) is 21.1 Å². The second kappa shape index (κ2) is 6.06. The van der Waals surface area contributed by atoms with Crippen molar-refractivity contribution in [3.8, 4) is 11.4 Å². The van der Waals surface area contributed by atoms with Crippen molar-refractivity contribution in [1.29, 1.82) is 0 Å². The highest BCUT2D eigenvalue weighted by molar-refractivity contribution is 9.10. The lowest BCUT2D eigenvalue weighted by Gasteiger charge is -2.20. The normalized spacial score (nSPS) is 19.2. The second-order valence-electron chi connectivity index (χ2n) is 5.39. The van der Waals surface area contributed by atoms with Crippen LogP contribution >= 0.6 is 15.9 Å². The molecule has 1 saturated heterocycles. The Hall–Kier alpha value is -1.20. The molecule has 0 aliphatic carbocycles. The number of nitrogens with one attached hydrogen (secondary N) is 1. The predicted molar refractivity (Wildman–Crippen MR) is 81.5 cm³/mol. The fourth-order valence-corrected chi connectivity index (χ4v) is 3.15. The van der Waals surface area contributed by atoms with Crippen LogP contribution in [0.2, 0.25) is 0 Å². The standard InChI is InChI=1S/C15H18BrN3O/c1-10-7-12(16)4-5-13(10)15-18-14(20-19-15)8-11-3-2-6-17-9-11/h4-5,7,11,17H,2-3,6,8-9H2,1H3. The molecular formula is C15H18BrN3O. The minimum atomic E-state index is 0.614. The Morgan fingerprint density at radius 3 is 3.10 bits per heavy atom. The molecule has 2 aromatic rings. The quantitative estimate of drug-likeness (QED) is 0.934. The van der Waals surface area contributed by atoms with E-state index in [0.717, 1.165) is 41.0 Å². The molecule has 0 saturated carbocycles. The first-order valence-electron chi connectivity index (χ1n) is 7.02. The van der Waals surface area contributed by atoms with Gasteiger partial charge in [0.1, 0.15) is 0 Å². The Kier molecular flexibility index (Phi) is 4.17. The Morgan fingerprint density at radius 2 is 2.35 bits per heavy atom. The lowest BCUT2D eigenvalue weighted by Crippen LogP contribution is -2.30. The van der Waals surface area contributed by atoms with Crippen molar-refractivity contribution in [3.63, 3.8) is 0 Å². The van der Waals surface area contributed by atoms with Crippen LogP contribution in [0.25, 0.3) is 11.4 Å². The van der Waals surface area contributed by atoms with E-state index in [0.29, 0.717) is 11.7 Å². The van der Waals surface area contributed by atoms with E-state index in [1.807, 2.05) is 12.1 Å². The molecule has 2 heterocycles. The molecule has 1 aliphatic heterocycles. The number of nitrogens with zero attached hydrogens (tertiary/aromatic N) is 2. The maximum absolute atomic E-state index is 5.41. The molecule has 1 fully saturated rings. The van der Waals surface area contributed by atoms with Crippen molar-refractivity contribution in [2.45, 2.75) is 26.2 Å². The van der Waals surface area contributed by atoms with Crippen LogP contribution < -0.4 is 5.32 Å². The molecule has 3 rings (SSSR count). The summed E-state index contributed by atoms with van der Waals surface area (Å²) in [5.74, 6) is 2.05. The van der Waals surface area contributed by atoms with Gasteiger partial charge in [0.05, 0.1) is 0 Å². The van der Waals surface area contributed by atoms with Gasteiger partial charge in [-0.15, -0.1) is 0 Å². The van der Waals surface area contributed by atoms with Gasteiger partial charge in [-0.2, -0.15) is 4.98 Å². The number of hydrogen-bond donors (Lipinski definition) is 1. The average molecular weight is 336 g/mol. The first-order valence-corrected chi connectivity index (χ1v) is 7.81. The summed E-state index contributed by atoms with van der Waals surface area (Å²) in [5, 5.41) is 7.53. The summed E-state index contributed by atoms with van der Waals surface area (Å²) in [6.07, 6.45) is 3.34. The Labute approximate surface area is 127 Å². The molecular weight excluding hydrogens is 318 g/mol. The number of benzene rings is 1. The number of halogens is 1. The molecule has 1 aromatic heterocycles. The third-order valence-electron chi connectivity index (χ3n) is 3.76. The molecule has 4 nitrogen and oxygen atoms in total. The molecule has 0 bridgehead atoms. The van der Waals surface area contributed by atoms with Gasteiger partial charge in [0, 0.05) is 16.5 Å². The molecule has 0 amide bonds. The van der Waals surface area contributed by atoms with Crippen molar-refractivity contribution in [3.05, 3.63) is 34.1 Å². The molecule has 0 spiro atoms. The van der Waals surface area contributed by atoms with Gasteiger partial charge in [0.2, 0.25) is 11.7 Å². The number of hydrogen-bond acceptors (Lipinski definition) is 4. The van der Waals surface area contributed by atoms with Gasteiger partial charge in [0.25, 0.3) is 0 Å². The summed E-state index contributed by atoms with van der Waals surface area (Å²) >= 11 is 3.47. The van der Waals surface area contributed by atoms with Gasteiger partial charge >= 0.3 is 0 Å². The largest absolute Gasteiger partial charge is 0.339 e. The van der Waals surface area contributed by atoms with Crippen LogP contribution in [0.1, 0.15) is 24.3 Å². The van der Waals surface area contributed by atoms with E-state index in [-0.39, 0.29) is 0 Å². The predicted octanol–water partition coefficient (Wildman–Crippen LogP) is 3.35. The topological polar surface area (TPSA) is 51.0 Å². The van der Waals surface area contributed by atoms with E-state index in [2.05, 4.69) is 44.4 Å². The molecule has 1 unspecified atom stereocenters. The van der Waals surface area contributed by atoms with E-state index in [1.165, 1.54) is 12.8 Å². The summed E-state index contributed by atoms with van der Waals surface area (Å²) in [7, 11) is 0. The first kappa shape index (κ1) is 13.8. The van der Waals surface area contributed by atoms with Crippen LogP contribution in [0.3, 0.4) is 0 Å². The molecule has 1 aromatic carbocycles. The minimum Gasteiger partial charge on any atom is -0.339 e. The maximum Gasteiger partial charge on any atom is 0.227 e. The van der Waals surface area contributed by atoms with Gasteiger partial charge in [-0.3, -0.25) is 0 Å². The summed E-state index contributed by atoms with van der Waals surface area (Å²) in [6.45, 7) is 4.24. The van der Waals surface area contributed by atoms with Gasteiger partial charge < -0.3 is 9.84 Å². The van der Waals surface area contributed by atoms with E-state index in [4.69, 9.17) is 4.52 Å². The first-order chi connectivity index (χ1) is 9.72. The van der Waals surface area contributed by atoms with Crippen LogP contribution in [0, 0.1) is 12.8 Å². The van der Waals surface area contributed by atoms with Crippen LogP contribution in [0.5, 0.6) is 0 Å². The zero-order chi connectivity index (χ0) is 13.9. The number of aromatic nitrogens is 2. The summed E-state index contributed by atoms with van der Waals surface area (Å²) in [4.78, 5) is 4.54. The van der Waals surface area contributed by atoms with Gasteiger partial charge in [-0.25, -0.2) is 0 Å². The molecule has 20 heavy (non-hydrogen) atoms. The molecule has 0 radical (unpaired) electrons. The van der Waals surface area contributed by atoms with Crippen LogP contribution in [-0.2, 0) is 6.42 Å². The maximum atomic E-state index is 5.41. The molecule has 1 N–H and O–H groups in total. The van der Waals surface area contributed by atoms with Crippen molar-refractivity contribution < 1.29 is 4.52 Å². The molecule has 1 aliphatic rings. The van der Waals surface area contributed by atoms with E-state index >= 15 is 0 Å². The SMILES string of the molecule is Cc1cc(Br)ccc1-c1noc(CC2CCCNC2)n1. The van der Waals surface area contributed by atoms with Gasteiger partial charge in [-0.05, 0) is 62.5 Å². The highest BCUT2D eigenvalue weighted by Crippen LogP contribution is 2.24. The molecule has 1 atom stereocenters. The Bertz CT molecular complexity index is 591. The smallest absolute Gasteiger partial charge is 0.227 e. The summed E-state index contributed by atoms with van der Waals surface area (Å²) in [5.41, 5.74) is 2.18. The monoisotopic (exact) mass is 335 g/mol. The lowest BCUT2D eigenvalue weighted by atomic mass is 9.96. The van der Waals surface area contributed by atoms with Gasteiger partial charge in [0.15, 0.2) is 0 Å². The Morgan fingerprint density at radius 1 is 1.45 bits per heavy atom. The number of rotatable bonds is 3. The highest BCUT2D eigenvalue weighted by Gasteiger charge is 2.18. The fourth-order valence-electron chi connectivity index (χ4n) is 2.67. The highest BCUT2D eigenvalue weighted by atomic mass is 79.9. The lowest BCUT2D eigenvalue weighted by molar-refractivity contribution is 0.316. The van der Waals surface area contributed by atoms with Crippen LogP contribution in [0.4, 0.5) is 0 Å².